The van der Waals surface area contributed by atoms with Crippen LogP contribution in [-0.4, -0.2) is 42.5 Å². The van der Waals surface area contributed by atoms with Crippen LogP contribution in [0.3, 0.4) is 0 Å². The Bertz CT molecular complexity index is 136. The minimum absolute atomic E-state index is 0.268. The van der Waals surface area contributed by atoms with Gasteiger partial charge in [0.1, 0.15) is 0 Å². The second-order valence-electron chi connectivity index (χ2n) is 2.81. The Morgan fingerprint density at radius 1 is 1.60 bits per heavy atom. The summed E-state index contributed by atoms with van der Waals surface area (Å²) in [5.41, 5.74) is 0. The van der Waals surface area contributed by atoms with Crippen LogP contribution in [-0.2, 0) is 4.79 Å². The summed E-state index contributed by atoms with van der Waals surface area (Å²) < 4.78 is 0. The molecule has 0 unspecified atom stereocenters. The fraction of sp³-hybridized carbons (Fsp3) is 0.857. The molecule has 1 rings (SSSR count). The molecule has 1 aliphatic rings. The fourth-order valence-corrected chi connectivity index (χ4v) is 1.22. The summed E-state index contributed by atoms with van der Waals surface area (Å²) in [4.78, 5) is 15.0. The highest BCUT2D eigenvalue weighted by atomic mass is 16.2. The Morgan fingerprint density at radius 3 is 2.70 bits per heavy atom. The number of likely N-dealkylation sites (N-methyl/N-ethyl adjacent to an activating group) is 1. The van der Waals surface area contributed by atoms with E-state index in [1.165, 1.54) is 0 Å². The van der Waals surface area contributed by atoms with Crippen molar-refractivity contribution >= 4 is 5.91 Å². The molecule has 0 bridgehead atoms. The zero-order valence-corrected chi connectivity index (χ0v) is 6.63. The molecule has 1 saturated heterocycles. The number of hydrogen-bond acceptors (Lipinski definition) is 2. The molecule has 3 heteroatoms. The lowest BCUT2D eigenvalue weighted by molar-refractivity contribution is -0.126. The first kappa shape index (κ1) is 7.54. The molecule has 1 aliphatic heterocycles. The van der Waals surface area contributed by atoms with Crippen molar-refractivity contribution in [3.05, 3.63) is 0 Å². The Morgan fingerprint density at radius 2 is 2.30 bits per heavy atom. The molecule has 0 atom stereocenters. The standard InChI is InChI=1S/C7H14N2O/c1-3-4-9-6-8(2)5-7(9)10/h3-6H2,1-2H3. The number of rotatable bonds is 2. The summed E-state index contributed by atoms with van der Waals surface area (Å²) in [5, 5.41) is 0. The van der Waals surface area contributed by atoms with E-state index in [9.17, 15) is 4.79 Å². The molecule has 58 valence electrons. The second-order valence-corrected chi connectivity index (χ2v) is 2.81. The molecule has 0 aromatic heterocycles. The molecule has 3 nitrogen and oxygen atoms in total. The van der Waals surface area contributed by atoms with E-state index < -0.39 is 0 Å². The first-order valence-electron chi connectivity index (χ1n) is 3.70. The highest BCUT2D eigenvalue weighted by molar-refractivity contribution is 5.79. The summed E-state index contributed by atoms with van der Waals surface area (Å²) in [6, 6.07) is 0. The van der Waals surface area contributed by atoms with Gasteiger partial charge in [-0.1, -0.05) is 6.92 Å². The molecule has 0 saturated carbocycles. The predicted molar refractivity (Wildman–Crippen MR) is 39.5 cm³/mol. The third kappa shape index (κ3) is 1.48. The number of amides is 1. The van der Waals surface area contributed by atoms with Gasteiger partial charge in [-0.15, -0.1) is 0 Å². The Balaban J connectivity index is 2.39. The van der Waals surface area contributed by atoms with Crippen molar-refractivity contribution in [3.63, 3.8) is 0 Å². The van der Waals surface area contributed by atoms with Crippen LogP contribution in [0.15, 0.2) is 0 Å². The molecule has 1 fully saturated rings. The third-order valence-corrected chi connectivity index (χ3v) is 1.66. The topological polar surface area (TPSA) is 23.6 Å². The van der Waals surface area contributed by atoms with Gasteiger partial charge in [-0.3, -0.25) is 9.69 Å². The van der Waals surface area contributed by atoms with Crippen molar-refractivity contribution in [2.75, 3.05) is 26.8 Å². The van der Waals surface area contributed by atoms with E-state index in [1.807, 2.05) is 16.8 Å². The largest absolute Gasteiger partial charge is 0.329 e. The minimum Gasteiger partial charge on any atom is -0.329 e. The molecule has 0 aliphatic carbocycles. The van der Waals surface area contributed by atoms with Gasteiger partial charge in [0.15, 0.2) is 0 Å². The maximum Gasteiger partial charge on any atom is 0.237 e. The van der Waals surface area contributed by atoms with Crippen LogP contribution in [0, 0.1) is 0 Å². The first-order valence-corrected chi connectivity index (χ1v) is 3.70. The number of hydrogen-bond donors (Lipinski definition) is 0. The highest BCUT2D eigenvalue weighted by Gasteiger charge is 2.22. The van der Waals surface area contributed by atoms with Crippen molar-refractivity contribution in [3.8, 4) is 0 Å². The lowest BCUT2D eigenvalue weighted by atomic mass is 10.4. The predicted octanol–water partition coefficient (Wildman–Crippen LogP) is 0.128. The summed E-state index contributed by atoms with van der Waals surface area (Å²) in [6.07, 6.45) is 1.06. The second kappa shape index (κ2) is 3.01. The van der Waals surface area contributed by atoms with E-state index in [1.54, 1.807) is 0 Å². The van der Waals surface area contributed by atoms with Crippen LogP contribution in [0.1, 0.15) is 13.3 Å². The highest BCUT2D eigenvalue weighted by Crippen LogP contribution is 2.03. The van der Waals surface area contributed by atoms with Gasteiger partial charge in [0.2, 0.25) is 5.91 Å². The summed E-state index contributed by atoms with van der Waals surface area (Å²) in [6.45, 7) is 4.40. The smallest absolute Gasteiger partial charge is 0.237 e. The van der Waals surface area contributed by atoms with Gasteiger partial charge >= 0.3 is 0 Å². The molecule has 0 aromatic rings. The van der Waals surface area contributed by atoms with Crippen LogP contribution < -0.4 is 0 Å². The summed E-state index contributed by atoms with van der Waals surface area (Å²) in [7, 11) is 1.97. The van der Waals surface area contributed by atoms with Crippen molar-refractivity contribution in [2.45, 2.75) is 13.3 Å². The quantitative estimate of drug-likeness (QED) is 0.547. The van der Waals surface area contributed by atoms with Gasteiger partial charge in [0, 0.05) is 6.54 Å². The van der Waals surface area contributed by atoms with Gasteiger partial charge in [0.25, 0.3) is 0 Å². The van der Waals surface area contributed by atoms with Crippen molar-refractivity contribution in [2.24, 2.45) is 0 Å². The van der Waals surface area contributed by atoms with Gasteiger partial charge in [-0.05, 0) is 13.5 Å². The van der Waals surface area contributed by atoms with Crippen LogP contribution in [0.4, 0.5) is 0 Å². The Labute approximate surface area is 61.6 Å². The van der Waals surface area contributed by atoms with Crippen molar-refractivity contribution < 1.29 is 4.79 Å². The molecule has 0 spiro atoms. The average molecular weight is 142 g/mol. The van der Waals surface area contributed by atoms with Crippen LogP contribution in [0.25, 0.3) is 0 Å². The molecule has 0 radical (unpaired) electrons. The zero-order valence-electron chi connectivity index (χ0n) is 6.63. The first-order chi connectivity index (χ1) is 4.74. The summed E-state index contributed by atoms with van der Waals surface area (Å²) in [5.74, 6) is 0.268. The third-order valence-electron chi connectivity index (χ3n) is 1.66. The van der Waals surface area contributed by atoms with E-state index in [2.05, 4.69) is 6.92 Å². The maximum absolute atomic E-state index is 11.1. The van der Waals surface area contributed by atoms with Gasteiger partial charge < -0.3 is 4.90 Å². The van der Waals surface area contributed by atoms with Crippen LogP contribution in [0.5, 0.6) is 0 Å². The van der Waals surface area contributed by atoms with E-state index in [4.69, 9.17) is 0 Å². The zero-order chi connectivity index (χ0) is 7.56. The maximum atomic E-state index is 11.1. The molecule has 0 N–H and O–H groups in total. The van der Waals surface area contributed by atoms with Crippen LogP contribution in [0.2, 0.25) is 0 Å². The molecule has 1 amide bonds. The van der Waals surface area contributed by atoms with E-state index in [0.717, 1.165) is 19.6 Å². The van der Waals surface area contributed by atoms with E-state index >= 15 is 0 Å². The molecule has 1 heterocycles. The lowest BCUT2D eigenvalue weighted by Crippen LogP contribution is -2.27. The van der Waals surface area contributed by atoms with Crippen molar-refractivity contribution in [1.29, 1.82) is 0 Å². The van der Waals surface area contributed by atoms with E-state index in [-0.39, 0.29) is 5.91 Å². The normalized spacial score (nSPS) is 20.6. The fourth-order valence-electron chi connectivity index (χ4n) is 1.22. The summed E-state index contributed by atoms with van der Waals surface area (Å²) >= 11 is 0. The molecular weight excluding hydrogens is 128 g/mol. The average Bonchev–Trinajstić information content (AvgIpc) is 2.13. The minimum atomic E-state index is 0.268. The van der Waals surface area contributed by atoms with Gasteiger partial charge in [-0.25, -0.2) is 0 Å². The van der Waals surface area contributed by atoms with E-state index in [0.29, 0.717) is 6.54 Å². The van der Waals surface area contributed by atoms with Crippen molar-refractivity contribution in [1.82, 2.24) is 9.80 Å². The number of carbonyl (C=O) groups excluding carboxylic acids is 1. The SMILES string of the molecule is CCCN1CN(C)CC1=O. The Kier molecular flexibility index (Phi) is 2.27. The molecule has 10 heavy (non-hydrogen) atoms. The number of carbonyl (C=O) groups is 1. The van der Waals surface area contributed by atoms with Crippen LogP contribution >= 0.6 is 0 Å². The lowest BCUT2D eigenvalue weighted by Gasteiger charge is -2.13. The Hall–Kier alpha value is -0.570. The number of nitrogens with zero attached hydrogens (tertiary/aromatic N) is 2. The molecule has 0 aromatic carbocycles. The van der Waals surface area contributed by atoms with Gasteiger partial charge in [0.05, 0.1) is 13.2 Å². The monoisotopic (exact) mass is 142 g/mol. The molecular formula is C7H14N2O. The van der Waals surface area contributed by atoms with Gasteiger partial charge in [-0.2, -0.15) is 0 Å².